The van der Waals surface area contributed by atoms with Gasteiger partial charge in [-0.2, -0.15) is 0 Å². The zero-order valence-electron chi connectivity index (χ0n) is 53.7. The Kier molecular flexibility index (Phi) is 45.1. The van der Waals surface area contributed by atoms with Crippen LogP contribution in [-0.2, 0) is 27.6 Å². The first-order valence-electron chi connectivity index (χ1n) is 30.1. The number of rotatable bonds is 38. The van der Waals surface area contributed by atoms with Crippen LogP contribution in [0.15, 0.2) is 34.3 Å². The molecule has 3 rings (SSSR count). The van der Waals surface area contributed by atoms with Gasteiger partial charge in [0.25, 0.3) is 0 Å². The van der Waals surface area contributed by atoms with Gasteiger partial charge in [0.05, 0.1) is 64.4 Å². The molecule has 6 nitrogen and oxygen atoms in total. The third-order valence-corrected chi connectivity index (χ3v) is 17.4. The van der Waals surface area contributed by atoms with Gasteiger partial charge in [0, 0.05) is 40.3 Å². The monoisotopic (exact) mass is 1100 g/mol. The second kappa shape index (κ2) is 42.7. The molecule has 2 aromatic rings. The van der Waals surface area contributed by atoms with E-state index in [9.17, 15) is 10.2 Å². The predicted molar refractivity (Wildman–Crippen MR) is 340 cm³/mol. The van der Waals surface area contributed by atoms with E-state index in [0.717, 1.165) is 60.8 Å². The minimum Gasteiger partial charge on any atom is -0.507 e. The Morgan fingerprint density at radius 3 is 0.947 bits per heavy atom. The average Bonchev–Trinajstić information content (AvgIpc) is 3.36. The Balaban J connectivity index is -0.00000432. The second-order valence-electron chi connectivity index (χ2n) is 23.6. The molecule has 1 aliphatic carbocycles. The number of aromatic hydroxyl groups is 2. The first-order chi connectivity index (χ1) is 33.7. The second-order valence-corrected chi connectivity index (χ2v) is 23.6. The summed E-state index contributed by atoms with van der Waals surface area (Å²) in [5.41, 5.74) is 6.34. The Hall–Kier alpha value is -2.19. The van der Waals surface area contributed by atoms with E-state index in [-0.39, 0.29) is 76.8 Å². The molecule has 1 fully saturated rings. The van der Waals surface area contributed by atoms with Crippen LogP contribution in [0.2, 0.25) is 0 Å². The summed E-state index contributed by atoms with van der Waals surface area (Å²) in [5.74, 6) is 0.706. The van der Waals surface area contributed by atoms with Crippen LogP contribution in [0.1, 0.15) is 270 Å². The number of phenolic OH excluding ortho intramolecular Hbond substituents is 2. The molecule has 2 N–H and O–H groups in total. The molecule has 0 heterocycles. The number of hydrogen-bond acceptors (Lipinski definition) is 4. The summed E-state index contributed by atoms with van der Waals surface area (Å²) in [6.45, 7) is 38.3. The number of benzene rings is 2. The molecular formula is C69H129CoN4O2-3. The quantitative estimate of drug-likeness (QED) is 0.0400. The van der Waals surface area contributed by atoms with Gasteiger partial charge in [0.15, 0.2) is 0 Å². The van der Waals surface area contributed by atoms with Crippen molar-refractivity contribution >= 4 is 12.4 Å². The van der Waals surface area contributed by atoms with E-state index in [0.29, 0.717) is 11.5 Å². The molecule has 0 aliphatic heterocycles. The molecular weight excluding hydrogens is 976 g/mol. The maximum atomic E-state index is 11.8. The van der Waals surface area contributed by atoms with Gasteiger partial charge < -0.3 is 56.3 Å². The van der Waals surface area contributed by atoms with E-state index >= 15 is 0 Å². The van der Waals surface area contributed by atoms with Crippen LogP contribution in [0.25, 0.3) is 0 Å². The molecule has 0 amide bonds. The maximum Gasteiger partial charge on any atom is 0.127 e. The van der Waals surface area contributed by atoms with Crippen LogP contribution >= 0.6 is 0 Å². The molecule has 0 aromatic heterocycles. The topological polar surface area (TPSA) is 65.2 Å². The predicted octanol–water partition coefficient (Wildman–Crippen LogP) is 19.7. The van der Waals surface area contributed by atoms with Crippen molar-refractivity contribution in [2.45, 2.75) is 273 Å². The molecule has 7 heteroatoms. The van der Waals surface area contributed by atoms with Crippen LogP contribution in [0.5, 0.6) is 11.5 Å². The molecule has 2 aromatic carbocycles. The van der Waals surface area contributed by atoms with Gasteiger partial charge >= 0.3 is 0 Å². The van der Waals surface area contributed by atoms with E-state index < -0.39 is 0 Å². The summed E-state index contributed by atoms with van der Waals surface area (Å²) in [6.07, 6.45) is 35.6. The van der Waals surface area contributed by atoms with E-state index in [1.54, 1.807) is 0 Å². The first kappa shape index (κ1) is 80.3. The van der Waals surface area contributed by atoms with Crippen LogP contribution in [0, 0.1) is 51.0 Å². The third kappa shape index (κ3) is 25.5. The molecule has 0 spiro atoms. The van der Waals surface area contributed by atoms with Crippen LogP contribution < -0.4 is 0 Å². The summed E-state index contributed by atoms with van der Waals surface area (Å²) < 4.78 is 2.58. The van der Waals surface area contributed by atoms with Gasteiger partial charge in [-0.25, -0.2) is 0 Å². The number of unbranched alkanes of at least 4 members (excludes halogenated alkanes) is 8. The van der Waals surface area contributed by atoms with E-state index in [1.807, 2.05) is 19.4 Å². The summed E-state index contributed by atoms with van der Waals surface area (Å²) in [7, 11) is 0. The Labute approximate surface area is 487 Å². The van der Waals surface area contributed by atoms with E-state index in [2.05, 4.69) is 100 Å². The fourth-order valence-electron chi connectivity index (χ4n) is 12.2. The molecule has 1 saturated carbocycles. The van der Waals surface area contributed by atoms with Gasteiger partial charge in [-0.3, -0.25) is 9.98 Å². The van der Waals surface area contributed by atoms with Crippen molar-refractivity contribution in [1.82, 2.24) is 0 Å². The van der Waals surface area contributed by atoms with Crippen molar-refractivity contribution in [3.63, 3.8) is 0 Å². The average molecular weight is 1110 g/mol. The van der Waals surface area contributed by atoms with Crippen LogP contribution in [-0.4, -0.2) is 96.1 Å². The first-order valence-corrected chi connectivity index (χ1v) is 30.1. The Bertz CT molecular complexity index is 1720. The summed E-state index contributed by atoms with van der Waals surface area (Å²) in [4.78, 5) is 10.6. The molecule has 0 saturated heterocycles. The van der Waals surface area contributed by atoms with E-state index in [4.69, 9.17) is 9.98 Å². The van der Waals surface area contributed by atoms with Gasteiger partial charge in [0.1, 0.15) is 11.5 Å². The van der Waals surface area contributed by atoms with Gasteiger partial charge in [-0.05, 0) is 149 Å². The largest absolute Gasteiger partial charge is 0.507 e. The normalized spacial score (nSPS) is 15.1. The summed E-state index contributed by atoms with van der Waals surface area (Å²) in [5, 5.41) is 23.2. The molecule has 2 unspecified atom stereocenters. The fourth-order valence-corrected chi connectivity index (χ4v) is 12.2. The third-order valence-electron chi connectivity index (χ3n) is 17.4. The molecule has 76 heavy (non-hydrogen) atoms. The molecule has 449 valence electrons. The molecule has 1 aliphatic rings. The molecule has 2 atom stereocenters. The van der Waals surface area contributed by atoms with Gasteiger partial charge in [0.2, 0.25) is 0 Å². The van der Waals surface area contributed by atoms with Crippen molar-refractivity contribution < 1.29 is 36.0 Å². The fraction of sp³-hybridized carbons (Fsp3) is 0.725. The number of aryl methyl sites for hydroxylation is 2. The van der Waals surface area contributed by atoms with Crippen molar-refractivity contribution in [1.29, 1.82) is 0 Å². The zero-order chi connectivity index (χ0) is 51.5. The summed E-state index contributed by atoms with van der Waals surface area (Å²) in [6, 6.07) is 9.18. The Morgan fingerprint density at radius 1 is 0.434 bits per heavy atom. The minimum atomic E-state index is -0.0115. The molecule has 1 radical (unpaired) electrons. The zero-order valence-corrected chi connectivity index (χ0v) is 54.7. The summed E-state index contributed by atoms with van der Waals surface area (Å²) >= 11 is 0. The number of hydrogen-bond donors (Lipinski definition) is 2. The van der Waals surface area contributed by atoms with Gasteiger partial charge in [-0.1, -0.05) is 158 Å². The number of nitrogens with zero attached hydrogens (tertiary/aromatic N) is 4. The van der Waals surface area contributed by atoms with Crippen LogP contribution in [0.4, 0.5) is 0 Å². The smallest absolute Gasteiger partial charge is 0.127 e. The molecule has 0 bridgehead atoms. The van der Waals surface area contributed by atoms with Crippen molar-refractivity contribution in [3.8, 4) is 11.5 Å². The standard InChI is InChI=1S/C64H112N4O2.5CH3.Co/c1-13-21-35-63(11,36-22-14-2)57-47-53(9)61(69)55(49-57)51-65-59-33-29-30-34-60(59)66-52-56-50-58(48-54(10)62(56)70)64(12,37-31-45-67(39-23-15-3,40-24-16-4)41-25-17-5)38-32-46-68(42-26-18-6,43-27-19-7)44-28-20-8;;;;;;/h47-52,59-60H,13-46H2,1-12H3;5*1H3;/q;5*-1;/p+2. The van der Waals surface area contributed by atoms with Crippen molar-refractivity contribution in [2.75, 3.05) is 52.4 Å². The number of quaternary nitrogens is 2. The van der Waals surface area contributed by atoms with Crippen LogP contribution in [0.3, 0.4) is 0 Å². The number of aliphatic imine (C=N–C) groups is 2. The van der Waals surface area contributed by atoms with Crippen molar-refractivity contribution in [3.05, 3.63) is 94.8 Å². The van der Waals surface area contributed by atoms with Crippen molar-refractivity contribution in [2.24, 2.45) is 9.98 Å². The maximum absolute atomic E-state index is 11.8. The Morgan fingerprint density at radius 2 is 0.684 bits per heavy atom. The van der Waals surface area contributed by atoms with E-state index in [1.165, 1.54) is 201 Å². The van der Waals surface area contributed by atoms with Gasteiger partial charge in [-0.15, -0.1) is 0 Å². The minimum absolute atomic E-state index is 0. The SMILES string of the molecule is CCCCC(C)(CCCC)c1cc(C)c(O)c(C=NC2CCCCC2N=Cc2cc(C(C)(CCC[N+](CCCC)(CCCC)CCCC)CCC[N+](CCCC)(CCCC)CCCC)cc(C)c2O)c1.[CH3-].[CH3-].[CH3-].[CH3-].[CH3-].[Co]. The number of phenols is 2.